The fraction of sp³-hybridized carbons (Fsp3) is 0.400. The van der Waals surface area contributed by atoms with Crippen LogP contribution >= 0.6 is 11.3 Å². The molecule has 2 aliphatic rings. The second-order valence-corrected chi connectivity index (χ2v) is 7.99. The molecule has 0 aliphatic carbocycles. The van der Waals surface area contributed by atoms with Crippen molar-refractivity contribution in [2.75, 3.05) is 13.1 Å². The van der Waals surface area contributed by atoms with Crippen LogP contribution in [0.2, 0.25) is 0 Å². The van der Waals surface area contributed by atoms with E-state index >= 15 is 0 Å². The largest absolute Gasteiger partial charge is 0.359 e. The monoisotopic (exact) mass is 368 g/mol. The average molecular weight is 369 g/mol. The molecule has 2 N–H and O–H groups in total. The van der Waals surface area contributed by atoms with Crippen molar-refractivity contribution in [2.45, 2.75) is 39.7 Å². The number of amides is 1. The molecule has 4 rings (SSSR count). The van der Waals surface area contributed by atoms with Gasteiger partial charge in [-0.05, 0) is 68.4 Å². The van der Waals surface area contributed by atoms with E-state index in [4.69, 9.17) is 0 Å². The summed E-state index contributed by atoms with van der Waals surface area (Å²) in [7, 11) is 0. The zero-order chi connectivity index (χ0) is 18.1. The Bertz CT molecular complexity index is 870. The first kappa shape index (κ1) is 17.2. The van der Waals surface area contributed by atoms with E-state index in [1.54, 1.807) is 11.3 Å². The third-order valence-corrected chi connectivity index (χ3v) is 6.15. The average Bonchev–Trinajstić information content (AvgIpc) is 3.34. The minimum atomic E-state index is -0.141. The SMILES string of the molecule is Cc1[nH]c(/C=C2/C(=O)NN=C2c2cccs2)c(C)c1CN1CCCCC1. The Balaban J connectivity index is 1.63. The van der Waals surface area contributed by atoms with Crippen molar-refractivity contribution in [3.8, 4) is 0 Å². The van der Waals surface area contributed by atoms with Gasteiger partial charge in [0, 0.05) is 17.9 Å². The minimum absolute atomic E-state index is 0.141. The number of carbonyl (C=O) groups excluding carboxylic acids is 1. The van der Waals surface area contributed by atoms with E-state index in [0.29, 0.717) is 5.57 Å². The molecular weight excluding hydrogens is 344 g/mol. The lowest BCUT2D eigenvalue weighted by atomic mass is 10.0. The Labute approximate surface area is 157 Å². The molecule has 26 heavy (non-hydrogen) atoms. The molecule has 0 bridgehead atoms. The first-order valence-corrected chi connectivity index (χ1v) is 10.1. The van der Waals surface area contributed by atoms with Crippen molar-refractivity contribution < 1.29 is 4.79 Å². The molecule has 1 fully saturated rings. The lowest BCUT2D eigenvalue weighted by Gasteiger charge is -2.26. The summed E-state index contributed by atoms with van der Waals surface area (Å²) in [6.45, 7) is 7.60. The number of carbonyl (C=O) groups is 1. The van der Waals surface area contributed by atoms with Gasteiger partial charge < -0.3 is 4.98 Å². The predicted octanol–water partition coefficient (Wildman–Crippen LogP) is 3.60. The molecule has 4 heterocycles. The van der Waals surface area contributed by atoms with Gasteiger partial charge in [0.2, 0.25) is 0 Å². The Morgan fingerprint density at radius 2 is 2.08 bits per heavy atom. The van der Waals surface area contributed by atoms with Crippen molar-refractivity contribution in [2.24, 2.45) is 5.10 Å². The van der Waals surface area contributed by atoms with Crippen LogP contribution in [0.1, 0.15) is 46.7 Å². The number of H-pyrrole nitrogens is 1. The molecule has 0 unspecified atom stereocenters. The standard InChI is InChI=1S/C20H24N4OS/c1-13-16(12-24-8-4-3-5-9-24)14(2)21-17(13)11-15-19(22-23-20(15)25)18-7-6-10-26-18/h6-7,10-11,21H,3-5,8-9,12H2,1-2H3,(H,23,25)/b15-11+. The van der Waals surface area contributed by atoms with E-state index in [-0.39, 0.29) is 5.91 Å². The molecule has 5 nitrogen and oxygen atoms in total. The quantitative estimate of drug-likeness (QED) is 0.810. The number of hydrogen-bond donors (Lipinski definition) is 2. The van der Waals surface area contributed by atoms with Gasteiger partial charge >= 0.3 is 0 Å². The van der Waals surface area contributed by atoms with Gasteiger partial charge in [-0.15, -0.1) is 11.3 Å². The molecule has 0 aromatic carbocycles. The Morgan fingerprint density at radius 1 is 1.27 bits per heavy atom. The Kier molecular flexibility index (Phi) is 4.78. The molecule has 0 spiro atoms. The molecular formula is C20H24N4OS. The van der Waals surface area contributed by atoms with Gasteiger partial charge in [-0.25, -0.2) is 5.43 Å². The van der Waals surface area contributed by atoms with E-state index in [2.05, 4.69) is 34.3 Å². The smallest absolute Gasteiger partial charge is 0.273 e. The number of aromatic nitrogens is 1. The van der Waals surface area contributed by atoms with Crippen molar-refractivity contribution >= 4 is 29.0 Å². The third-order valence-electron chi connectivity index (χ3n) is 5.27. The van der Waals surface area contributed by atoms with Gasteiger partial charge in [-0.3, -0.25) is 9.69 Å². The molecule has 1 amide bonds. The van der Waals surface area contributed by atoms with E-state index in [9.17, 15) is 4.79 Å². The van der Waals surface area contributed by atoms with Gasteiger partial charge in [-0.1, -0.05) is 12.5 Å². The maximum Gasteiger partial charge on any atom is 0.273 e. The summed E-state index contributed by atoms with van der Waals surface area (Å²) in [5, 5.41) is 6.23. The summed E-state index contributed by atoms with van der Waals surface area (Å²) in [5.41, 5.74) is 8.73. The zero-order valence-electron chi connectivity index (χ0n) is 15.3. The fourth-order valence-corrected chi connectivity index (χ4v) is 4.48. The van der Waals surface area contributed by atoms with Crippen molar-refractivity contribution in [1.82, 2.24) is 15.3 Å². The number of hydrogen-bond acceptors (Lipinski definition) is 4. The fourth-order valence-electron chi connectivity index (χ4n) is 3.75. The Hall–Kier alpha value is -2.18. The van der Waals surface area contributed by atoms with Crippen LogP contribution in [0, 0.1) is 13.8 Å². The third kappa shape index (κ3) is 3.27. The number of thiophene rings is 1. The number of aromatic amines is 1. The van der Waals surface area contributed by atoms with Crippen LogP contribution in [-0.2, 0) is 11.3 Å². The zero-order valence-corrected chi connectivity index (χ0v) is 16.1. The first-order chi connectivity index (χ1) is 12.6. The maximum atomic E-state index is 12.3. The van der Waals surface area contributed by atoms with Crippen LogP contribution in [0.3, 0.4) is 0 Å². The molecule has 0 radical (unpaired) electrons. The van der Waals surface area contributed by atoms with Gasteiger partial charge in [0.15, 0.2) is 0 Å². The molecule has 136 valence electrons. The van der Waals surface area contributed by atoms with Gasteiger partial charge in [0.1, 0.15) is 5.71 Å². The van der Waals surface area contributed by atoms with Crippen LogP contribution in [0.4, 0.5) is 0 Å². The van der Waals surface area contributed by atoms with Gasteiger partial charge in [0.25, 0.3) is 5.91 Å². The molecule has 1 saturated heterocycles. The molecule has 2 aromatic heterocycles. The lowest BCUT2D eigenvalue weighted by molar-refractivity contribution is -0.116. The van der Waals surface area contributed by atoms with Crippen molar-refractivity contribution in [3.63, 3.8) is 0 Å². The number of nitrogens with zero attached hydrogens (tertiary/aromatic N) is 2. The highest BCUT2D eigenvalue weighted by Gasteiger charge is 2.25. The van der Waals surface area contributed by atoms with Crippen LogP contribution in [-0.4, -0.2) is 34.6 Å². The van der Waals surface area contributed by atoms with E-state index in [1.165, 1.54) is 49.2 Å². The summed E-state index contributed by atoms with van der Waals surface area (Å²) < 4.78 is 0. The number of piperidine rings is 1. The van der Waals surface area contributed by atoms with Crippen LogP contribution < -0.4 is 5.43 Å². The Morgan fingerprint density at radius 3 is 2.81 bits per heavy atom. The van der Waals surface area contributed by atoms with Crippen LogP contribution in [0.5, 0.6) is 0 Å². The second kappa shape index (κ2) is 7.21. The van der Waals surface area contributed by atoms with Crippen LogP contribution in [0.15, 0.2) is 28.2 Å². The highest BCUT2D eigenvalue weighted by molar-refractivity contribution is 7.12. The summed E-state index contributed by atoms with van der Waals surface area (Å²) in [6, 6.07) is 3.97. The molecule has 2 aliphatic heterocycles. The van der Waals surface area contributed by atoms with Crippen LogP contribution in [0.25, 0.3) is 6.08 Å². The topological polar surface area (TPSA) is 60.5 Å². The highest BCUT2D eigenvalue weighted by atomic mass is 32.1. The highest BCUT2D eigenvalue weighted by Crippen LogP contribution is 2.26. The summed E-state index contributed by atoms with van der Waals surface area (Å²) in [5.74, 6) is -0.141. The van der Waals surface area contributed by atoms with E-state index in [0.717, 1.165) is 22.8 Å². The summed E-state index contributed by atoms with van der Waals surface area (Å²) in [6.07, 6.45) is 5.88. The van der Waals surface area contributed by atoms with E-state index < -0.39 is 0 Å². The van der Waals surface area contributed by atoms with Gasteiger partial charge in [-0.2, -0.15) is 5.10 Å². The predicted molar refractivity (Wildman–Crippen MR) is 106 cm³/mol. The molecule has 2 aromatic rings. The minimum Gasteiger partial charge on any atom is -0.359 e. The van der Waals surface area contributed by atoms with E-state index in [1.807, 2.05) is 23.6 Å². The number of hydrazone groups is 1. The van der Waals surface area contributed by atoms with Crippen molar-refractivity contribution in [3.05, 3.63) is 50.5 Å². The van der Waals surface area contributed by atoms with Crippen molar-refractivity contribution in [1.29, 1.82) is 0 Å². The number of rotatable bonds is 4. The normalized spacial score (nSPS) is 19.8. The molecule has 0 atom stereocenters. The molecule has 6 heteroatoms. The summed E-state index contributed by atoms with van der Waals surface area (Å²) >= 11 is 1.59. The number of aryl methyl sites for hydroxylation is 1. The second-order valence-electron chi connectivity index (χ2n) is 7.04. The molecule has 0 saturated carbocycles. The van der Waals surface area contributed by atoms with Gasteiger partial charge in [0.05, 0.1) is 10.5 Å². The number of nitrogens with one attached hydrogen (secondary N) is 2. The summed E-state index contributed by atoms with van der Waals surface area (Å²) in [4.78, 5) is 19.3. The maximum absolute atomic E-state index is 12.3. The lowest BCUT2D eigenvalue weighted by Crippen LogP contribution is -2.29. The number of likely N-dealkylation sites (tertiary alicyclic amines) is 1. The first-order valence-electron chi connectivity index (χ1n) is 9.18.